The van der Waals surface area contributed by atoms with Crippen molar-refractivity contribution >= 4 is 68.9 Å². The van der Waals surface area contributed by atoms with Gasteiger partial charge in [-0.2, -0.15) is 0 Å². The number of rotatable bonds is 1. The summed E-state index contributed by atoms with van der Waals surface area (Å²) in [6.07, 6.45) is 1.78. The zero-order valence-corrected chi connectivity index (χ0v) is 12.4. The second-order valence-electron chi connectivity index (χ2n) is 2.80. The molecule has 0 aliphatic carbocycles. The summed E-state index contributed by atoms with van der Waals surface area (Å²) in [5.41, 5.74) is 1.98. The van der Waals surface area contributed by atoms with Gasteiger partial charge in [0.1, 0.15) is 5.15 Å². The highest BCUT2D eigenvalue weighted by atomic mass is 127. The number of nitrogens with zero attached hydrogens (tertiary/aromatic N) is 2. The van der Waals surface area contributed by atoms with E-state index < -0.39 is 0 Å². The molecule has 0 radical (unpaired) electrons. The fourth-order valence-corrected chi connectivity index (χ4v) is 3.81. The molecule has 0 saturated carbocycles. The number of aryl methyl sites for hydroxylation is 1. The van der Waals surface area contributed by atoms with Crippen LogP contribution in [-0.4, -0.2) is 8.96 Å². The first-order valence-corrected chi connectivity index (χ1v) is 8.25. The molecule has 0 spiro atoms. The topological polar surface area (TPSA) is 17.8 Å². The van der Waals surface area contributed by atoms with Crippen LogP contribution in [0, 0.1) is 6.92 Å². The average Bonchev–Trinajstić information content (AvgIpc) is 2.41. The molecule has 14 heavy (non-hydrogen) atoms. The Labute approximate surface area is 111 Å². The van der Waals surface area contributed by atoms with E-state index in [1.54, 1.807) is 6.20 Å². The molecule has 2 heterocycles. The number of pyridine rings is 1. The third-order valence-corrected chi connectivity index (χ3v) is 4.65. The summed E-state index contributed by atoms with van der Waals surface area (Å²) in [5.74, 6) is 0. The van der Waals surface area contributed by atoms with Crippen LogP contribution in [0.4, 0.5) is 0 Å². The minimum atomic E-state index is 0.741. The summed E-state index contributed by atoms with van der Waals surface area (Å²) in [5, 5.41) is 1.83. The monoisotopic (exact) mass is 402 g/mol. The van der Waals surface area contributed by atoms with Crippen LogP contribution in [0.25, 0.3) is 11.0 Å². The Morgan fingerprint density at radius 1 is 1.64 bits per heavy atom. The zero-order valence-electron chi connectivity index (χ0n) is 7.09. The molecule has 74 valence electrons. The van der Waals surface area contributed by atoms with E-state index in [0.29, 0.717) is 0 Å². The summed E-state index contributed by atoms with van der Waals surface area (Å²) in [6.45, 7) is 2.00. The largest absolute Gasteiger partial charge is 0.247 e. The molecule has 0 N–H and O–H groups in total. The third-order valence-electron chi connectivity index (χ3n) is 1.99. The van der Waals surface area contributed by atoms with Crippen molar-refractivity contribution in [3.63, 3.8) is 0 Å². The van der Waals surface area contributed by atoms with E-state index in [4.69, 9.17) is 11.6 Å². The first-order chi connectivity index (χ1) is 6.65. The molecule has 0 unspecified atom stereocenters. The van der Waals surface area contributed by atoms with Gasteiger partial charge in [0, 0.05) is 46.4 Å². The van der Waals surface area contributed by atoms with Gasteiger partial charge in [0.05, 0.1) is 0 Å². The second kappa shape index (κ2) is 4.19. The molecular weight excluding hydrogens is 398 g/mol. The van der Waals surface area contributed by atoms with Gasteiger partial charge in [-0.1, -0.05) is 11.6 Å². The molecule has 2 aromatic rings. The van der Waals surface area contributed by atoms with Crippen LogP contribution in [0.2, 0.25) is 5.15 Å². The van der Waals surface area contributed by atoms with Gasteiger partial charge in [-0.25, -0.2) is 8.96 Å². The van der Waals surface area contributed by atoms with E-state index in [2.05, 4.69) is 42.1 Å². The third kappa shape index (κ3) is 1.68. The van der Waals surface area contributed by atoms with Gasteiger partial charge >= 0.3 is 0 Å². The molecule has 2 nitrogen and oxygen atoms in total. The van der Waals surface area contributed by atoms with Crippen molar-refractivity contribution in [2.24, 2.45) is 0 Å². The summed E-state index contributed by atoms with van der Waals surface area (Å²) in [4.78, 5) is 4.34. The Morgan fingerprint density at radius 3 is 3.00 bits per heavy atom. The minimum absolute atomic E-state index is 0.741. The van der Waals surface area contributed by atoms with Crippen molar-refractivity contribution in [3.8, 4) is 0 Å². The summed E-state index contributed by atoms with van der Waals surface area (Å²) in [7, 11) is 1.53. The van der Waals surface area contributed by atoms with Crippen LogP contribution in [0.15, 0.2) is 16.7 Å². The fraction of sp³-hybridized carbons (Fsp3) is 0.125. The molecule has 0 amide bonds. The minimum Gasteiger partial charge on any atom is -0.247 e. The van der Waals surface area contributed by atoms with Crippen molar-refractivity contribution < 1.29 is 0 Å². The lowest BCUT2D eigenvalue weighted by Crippen LogP contribution is -1.84. The Hall–Kier alpha value is 0.540. The zero-order chi connectivity index (χ0) is 10.3. The highest BCUT2D eigenvalue weighted by molar-refractivity contribution is 14.2. The lowest BCUT2D eigenvalue weighted by Gasteiger charge is -1.97. The first kappa shape index (κ1) is 11.0. The van der Waals surface area contributed by atoms with Crippen molar-refractivity contribution in [1.82, 2.24) is 8.96 Å². The number of hydrogen-bond donors (Lipinski definition) is 0. The smallest absolute Gasteiger partial charge is 0.152 e. The van der Waals surface area contributed by atoms with Crippen molar-refractivity contribution in [2.75, 3.05) is 0 Å². The van der Waals surface area contributed by atoms with Crippen LogP contribution in [0.3, 0.4) is 0 Å². The molecule has 0 aliphatic rings. The maximum atomic E-state index is 6.17. The van der Waals surface area contributed by atoms with Crippen LogP contribution >= 0.6 is 57.9 Å². The summed E-state index contributed by atoms with van der Waals surface area (Å²) >= 11 is 11.8. The molecular formula is C8H5BrClIN2S. The Balaban J connectivity index is 2.88. The second-order valence-corrected chi connectivity index (χ2v) is 5.76. The van der Waals surface area contributed by atoms with E-state index in [9.17, 15) is 0 Å². The normalized spacial score (nSPS) is 11.1. The predicted octanol–water partition coefficient (Wildman–Crippen LogP) is 4.61. The number of aromatic nitrogens is 2. The van der Waals surface area contributed by atoms with Crippen LogP contribution in [0.1, 0.15) is 5.56 Å². The standard InChI is InChI=1S/C8H5BrClIN2S/c1-4-6-2-5(9)3-12-8(6)13(14-11)7(4)10/h2-3H,1H3. The van der Waals surface area contributed by atoms with Crippen LogP contribution in [-0.2, 0) is 0 Å². The molecule has 0 aromatic carbocycles. The van der Waals surface area contributed by atoms with Gasteiger partial charge in [0.15, 0.2) is 5.65 Å². The molecule has 0 saturated heterocycles. The Bertz CT molecular complexity index is 500. The molecule has 2 rings (SSSR count). The number of halogens is 3. The van der Waals surface area contributed by atoms with Crippen molar-refractivity contribution in [3.05, 3.63) is 27.5 Å². The van der Waals surface area contributed by atoms with E-state index >= 15 is 0 Å². The highest BCUT2D eigenvalue weighted by Gasteiger charge is 2.13. The highest BCUT2D eigenvalue weighted by Crippen LogP contribution is 2.35. The lowest BCUT2D eigenvalue weighted by molar-refractivity contribution is 1.25. The van der Waals surface area contributed by atoms with E-state index in [-0.39, 0.29) is 0 Å². The summed E-state index contributed by atoms with van der Waals surface area (Å²) in [6, 6.07) is 2.03. The van der Waals surface area contributed by atoms with E-state index in [0.717, 1.165) is 26.2 Å². The van der Waals surface area contributed by atoms with Crippen molar-refractivity contribution in [2.45, 2.75) is 6.92 Å². The quantitative estimate of drug-likeness (QED) is 0.648. The molecule has 0 aliphatic heterocycles. The summed E-state index contributed by atoms with van der Waals surface area (Å²) < 4.78 is 2.89. The molecule has 0 fully saturated rings. The maximum Gasteiger partial charge on any atom is 0.152 e. The van der Waals surface area contributed by atoms with E-state index in [1.807, 2.05) is 17.0 Å². The molecule has 6 heteroatoms. The molecule has 2 aromatic heterocycles. The fourth-order valence-electron chi connectivity index (χ4n) is 1.29. The SMILES string of the molecule is Cc1c(Cl)n(SI)c2ncc(Br)cc12. The van der Waals surface area contributed by atoms with Gasteiger partial charge in [-0.05, 0) is 34.5 Å². The number of hydrogen-bond acceptors (Lipinski definition) is 2. The predicted molar refractivity (Wildman–Crippen MR) is 74.2 cm³/mol. The Morgan fingerprint density at radius 2 is 2.36 bits per heavy atom. The van der Waals surface area contributed by atoms with Gasteiger partial charge in [-0.15, -0.1) is 0 Å². The van der Waals surface area contributed by atoms with Gasteiger partial charge < -0.3 is 0 Å². The molecule has 0 atom stereocenters. The number of fused-ring (bicyclic) bond motifs is 1. The van der Waals surface area contributed by atoms with Crippen LogP contribution < -0.4 is 0 Å². The Kier molecular flexibility index (Phi) is 3.30. The van der Waals surface area contributed by atoms with Crippen molar-refractivity contribution in [1.29, 1.82) is 0 Å². The molecule has 0 bridgehead atoms. The first-order valence-electron chi connectivity index (χ1n) is 3.76. The van der Waals surface area contributed by atoms with Crippen LogP contribution in [0.5, 0.6) is 0 Å². The maximum absolute atomic E-state index is 6.17. The van der Waals surface area contributed by atoms with Gasteiger partial charge in [0.25, 0.3) is 0 Å². The van der Waals surface area contributed by atoms with Gasteiger partial charge in [-0.3, -0.25) is 0 Å². The van der Waals surface area contributed by atoms with Gasteiger partial charge in [0.2, 0.25) is 0 Å². The average molecular weight is 403 g/mol. The lowest BCUT2D eigenvalue weighted by atomic mass is 10.2. The van der Waals surface area contributed by atoms with E-state index in [1.165, 1.54) is 9.12 Å².